The first-order chi connectivity index (χ1) is 18.2. The second kappa shape index (κ2) is 11.3. The van der Waals surface area contributed by atoms with Gasteiger partial charge in [0.25, 0.3) is 0 Å². The Labute approximate surface area is 216 Å². The number of nitrogens with one attached hydrogen (secondary N) is 3. The van der Waals surface area contributed by atoms with E-state index < -0.39 is 0 Å². The Morgan fingerprint density at radius 1 is 1.00 bits per heavy atom. The van der Waals surface area contributed by atoms with Gasteiger partial charge in [0.05, 0.1) is 22.6 Å². The van der Waals surface area contributed by atoms with Gasteiger partial charge in [-0.25, -0.2) is 0 Å². The van der Waals surface area contributed by atoms with Crippen LogP contribution in [0.3, 0.4) is 0 Å². The Bertz CT molecular complexity index is 1580. The first kappa shape index (κ1) is 23.9. The maximum absolute atomic E-state index is 9.74. The van der Waals surface area contributed by atoms with Crippen molar-refractivity contribution in [1.29, 1.82) is 5.26 Å². The monoisotopic (exact) mass is 485 g/mol. The molecule has 0 bridgehead atoms. The summed E-state index contributed by atoms with van der Waals surface area (Å²) in [5, 5.41) is 17.8. The Kier molecular flexibility index (Phi) is 7.30. The van der Waals surface area contributed by atoms with Crippen molar-refractivity contribution in [1.82, 2.24) is 25.3 Å². The topological polar surface area (TPSA) is 102 Å². The van der Waals surface area contributed by atoms with Gasteiger partial charge in [-0.05, 0) is 67.1 Å². The van der Waals surface area contributed by atoms with Crippen molar-refractivity contribution < 1.29 is 0 Å². The van der Waals surface area contributed by atoms with Gasteiger partial charge < -0.3 is 15.6 Å². The molecular formula is C30H27N7. The Morgan fingerprint density at radius 2 is 1.92 bits per heavy atom. The average Bonchev–Trinajstić information content (AvgIpc) is 3.43. The quantitative estimate of drug-likeness (QED) is 0.229. The summed E-state index contributed by atoms with van der Waals surface area (Å²) in [4.78, 5) is 16.6. The van der Waals surface area contributed by atoms with E-state index in [0.29, 0.717) is 12.1 Å². The van der Waals surface area contributed by atoms with E-state index in [-0.39, 0.29) is 0 Å². The lowest BCUT2D eigenvalue weighted by atomic mass is 10.1. The zero-order valence-corrected chi connectivity index (χ0v) is 20.6. The summed E-state index contributed by atoms with van der Waals surface area (Å²) >= 11 is 0. The number of nitrogens with zero attached hydrogens (tertiary/aromatic N) is 4. The highest BCUT2D eigenvalue weighted by Gasteiger charge is 2.11. The summed E-state index contributed by atoms with van der Waals surface area (Å²) in [6.45, 7) is 3.57. The molecule has 182 valence electrons. The third-order valence-corrected chi connectivity index (χ3v) is 6.21. The van der Waals surface area contributed by atoms with Crippen LogP contribution in [0.2, 0.25) is 0 Å². The highest BCUT2D eigenvalue weighted by Crippen LogP contribution is 2.31. The van der Waals surface area contributed by atoms with Crippen molar-refractivity contribution in [3.63, 3.8) is 0 Å². The smallest absolute Gasteiger partial charge is 0.103 e. The number of benzene rings is 1. The van der Waals surface area contributed by atoms with Gasteiger partial charge in [-0.2, -0.15) is 5.26 Å². The minimum Gasteiger partial charge on any atom is -0.361 e. The van der Waals surface area contributed by atoms with Crippen LogP contribution in [0, 0.1) is 18.3 Å². The van der Waals surface area contributed by atoms with Crippen molar-refractivity contribution in [2.24, 2.45) is 0 Å². The van der Waals surface area contributed by atoms with E-state index in [1.54, 1.807) is 12.4 Å². The number of aromatic amines is 1. The second-order valence-electron chi connectivity index (χ2n) is 8.70. The van der Waals surface area contributed by atoms with Gasteiger partial charge >= 0.3 is 0 Å². The molecule has 0 aliphatic heterocycles. The van der Waals surface area contributed by atoms with Crippen LogP contribution in [0.15, 0.2) is 79.4 Å². The molecule has 0 fully saturated rings. The van der Waals surface area contributed by atoms with Crippen LogP contribution in [0.5, 0.6) is 0 Å². The molecule has 7 nitrogen and oxygen atoms in total. The number of aromatic nitrogens is 4. The van der Waals surface area contributed by atoms with Crippen LogP contribution < -0.4 is 10.6 Å². The zero-order valence-electron chi connectivity index (χ0n) is 20.6. The maximum Gasteiger partial charge on any atom is 0.103 e. The SMILES string of the molecule is Cc1c(Nc2c(C#N)cncc2/C=C/c2cccc(CNCCc3ccccn3)n2)ccc2[nH]ccc12. The summed E-state index contributed by atoms with van der Waals surface area (Å²) in [6.07, 6.45) is 11.8. The minimum atomic E-state index is 0.481. The van der Waals surface area contributed by atoms with Gasteiger partial charge in [0.1, 0.15) is 6.07 Å². The van der Waals surface area contributed by atoms with Crippen LogP contribution in [-0.2, 0) is 13.0 Å². The molecule has 0 amide bonds. The lowest BCUT2D eigenvalue weighted by Gasteiger charge is -2.14. The van der Waals surface area contributed by atoms with Gasteiger partial charge in [-0.3, -0.25) is 15.0 Å². The zero-order chi connectivity index (χ0) is 25.5. The van der Waals surface area contributed by atoms with Crippen molar-refractivity contribution in [2.45, 2.75) is 19.9 Å². The highest BCUT2D eigenvalue weighted by atomic mass is 14.9. The van der Waals surface area contributed by atoms with Gasteiger partial charge in [-0.1, -0.05) is 12.1 Å². The number of pyridine rings is 3. The Hall–Kier alpha value is -4.80. The molecule has 7 heteroatoms. The van der Waals surface area contributed by atoms with Gasteiger partial charge in [0.2, 0.25) is 0 Å². The number of anilines is 2. The molecule has 5 rings (SSSR count). The summed E-state index contributed by atoms with van der Waals surface area (Å²) < 4.78 is 0. The molecule has 0 aliphatic carbocycles. The van der Waals surface area contributed by atoms with Gasteiger partial charge in [-0.15, -0.1) is 0 Å². The van der Waals surface area contributed by atoms with E-state index in [9.17, 15) is 5.26 Å². The lowest BCUT2D eigenvalue weighted by Crippen LogP contribution is -2.17. The molecule has 3 N–H and O–H groups in total. The van der Waals surface area contributed by atoms with Gasteiger partial charge in [0.15, 0.2) is 0 Å². The van der Waals surface area contributed by atoms with Crippen LogP contribution in [-0.4, -0.2) is 26.5 Å². The number of fused-ring (bicyclic) bond motifs is 1. The lowest BCUT2D eigenvalue weighted by molar-refractivity contribution is 0.668. The number of H-pyrrole nitrogens is 1. The molecule has 0 saturated heterocycles. The Balaban J connectivity index is 1.31. The molecule has 5 aromatic rings. The van der Waals surface area contributed by atoms with Crippen LogP contribution in [0.4, 0.5) is 11.4 Å². The predicted octanol–water partition coefficient (Wildman–Crippen LogP) is 5.78. The van der Waals surface area contributed by atoms with Gasteiger partial charge in [0, 0.05) is 72.1 Å². The molecule has 0 unspecified atom stereocenters. The van der Waals surface area contributed by atoms with Crippen LogP contribution in [0.1, 0.15) is 33.8 Å². The molecule has 0 radical (unpaired) electrons. The van der Waals surface area contributed by atoms with Crippen LogP contribution in [0.25, 0.3) is 23.1 Å². The van der Waals surface area contributed by atoms with Crippen LogP contribution >= 0.6 is 0 Å². The Morgan fingerprint density at radius 3 is 2.78 bits per heavy atom. The fraction of sp³-hybridized carbons (Fsp3) is 0.133. The van der Waals surface area contributed by atoms with Crippen molar-refractivity contribution >= 4 is 34.4 Å². The van der Waals surface area contributed by atoms with E-state index in [4.69, 9.17) is 4.98 Å². The molecule has 0 saturated carbocycles. The molecule has 0 spiro atoms. The normalized spacial score (nSPS) is 11.1. The maximum atomic E-state index is 9.74. The molecule has 37 heavy (non-hydrogen) atoms. The molecule has 0 aliphatic rings. The molecular weight excluding hydrogens is 458 g/mol. The third kappa shape index (κ3) is 5.72. The molecule has 4 aromatic heterocycles. The third-order valence-electron chi connectivity index (χ3n) is 6.21. The number of hydrogen-bond donors (Lipinski definition) is 3. The fourth-order valence-electron chi connectivity index (χ4n) is 4.22. The molecule has 1 aromatic carbocycles. The second-order valence-corrected chi connectivity index (χ2v) is 8.70. The first-order valence-electron chi connectivity index (χ1n) is 12.2. The summed E-state index contributed by atoms with van der Waals surface area (Å²) in [5.74, 6) is 0. The summed E-state index contributed by atoms with van der Waals surface area (Å²) in [6, 6.07) is 20.3. The van der Waals surface area contributed by atoms with E-state index in [0.717, 1.165) is 63.5 Å². The van der Waals surface area contributed by atoms with E-state index in [1.165, 1.54) is 0 Å². The molecule has 0 atom stereocenters. The van der Waals surface area contributed by atoms with Crippen molar-refractivity contribution in [3.05, 3.63) is 113 Å². The number of aryl methyl sites for hydroxylation is 1. The van der Waals surface area contributed by atoms with E-state index in [1.807, 2.05) is 73.1 Å². The number of rotatable bonds is 9. The summed E-state index contributed by atoms with van der Waals surface area (Å²) in [5.41, 5.74) is 8.02. The van der Waals surface area contributed by atoms with E-state index >= 15 is 0 Å². The van der Waals surface area contributed by atoms with Crippen molar-refractivity contribution in [2.75, 3.05) is 11.9 Å². The predicted molar refractivity (Wildman–Crippen MR) is 148 cm³/mol. The standard InChI is InChI=1S/C30H27N7/c1-21-27-13-16-35-29(27)11-10-28(21)37-30-22(18-33-19-23(30)17-31)8-9-25-6-4-7-26(36-25)20-32-15-12-24-5-2-3-14-34-24/h2-11,13-14,16,18-19,32,35H,12,15,20H2,1H3,(H,33,37)/b9-8+. The first-order valence-corrected chi connectivity index (χ1v) is 12.2. The summed E-state index contributed by atoms with van der Waals surface area (Å²) in [7, 11) is 0. The number of hydrogen-bond acceptors (Lipinski definition) is 6. The minimum absolute atomic E-state index is 0.481. The molecule has 4 heterocycles. The van der Waals surface area contributed by atoms with E-state index in [2.05, 4.69) is 44.6 Å². The average molecular weight is 486 g/mol. The largest absolute Gasteiger partial charge is 0.361 e. The number of nitriles is 1. The fourth-order valence-corrected chi connectivity index (χ4v) is 4.22. The van der Waals surface area contributed by atoms with Crippen molar-refractivity contribution in [3.8, 4) is 6.07 Å². The highest BCUT2D eigenvalue weighted by molar-refractivity contribution is 5.90.